The second-order valence-corrected chi connectivity index (χ2v) is 8.06. The molecule has 0 saturated heterocycles. The van der Waals surface area contributed by atoms with E-state index in [1.54, 1.807) is 31.4 Å². The molecule has 0 aliphatic rings. The van der Waals surface area contributed by atoms with Gasteiger partial charge >= 0.3 is 0 Å². The summed E-state index contributed by atoms with van der Waals surface area (Å²) < 4.78 is 10.5. The highest BCUT2D eigenvalue weighted by atomic mass is 35.5. The van der Waals surface area contributed by atoms with Gasteiger partial charge in [0, 0.05) is 18.1 Å². The number of ketones is 1. The summed E-state index contributed by atoms with van der Waals surface area (Å²) in [7, 11) is 1.64. The molecule has 0 radical (unpaired) electrons. The number of hydrogen-bond donors (Lipinski definition) is 1. The van der Waals surface area contributed by atoms with Gasteiger partial charge in [0.05, 0.1) is 23.2 Å². The number of carbonyl (C=O) groups is 1. The standard InChI is InChI=1S/C24H20Cl2N2O3/c1-14-9-24(28-31-14)27-22(13-23(29)18-6-8-20(25)21(26)12-18)17-4-3-16-11-19(30-2)7-5-15(16)10-17/h3-12,22H,13H2,1-2H3,(H,27,28). The van der Waals surface area contributed by atoms with E-state index in [2.05, 4.69) is 16.5 Å². The van der Waals surface area contributed by atoms with E-state index in [0.717, 1.165) is 22.1 Å². The highest BCUT2D eigenvalue weighted by Gasteiger charge is 2.20. The van der Waals surface area contributed by atoms with Crippen LogP contribution < -0.4 is 10.1 Å². The fourth-order valence-electron chi connectivity index (χ4n) is 3.42. The SMILES string of the molecule is COc1ccc2cc(C(CC(=O)c3ccc(Cl)c(Cl)c3)Nc3cc(C)on3)ccc2c1. The van der Waals surface area contributed by atoms with Crippen molar-refractivity contribution in [1.82, 2.24) is 5.16 Å². The van der Waals surface area contributed by atoms with E-state index in [-0.39, 0.29) is 18.2 Å². The zero-order valence-corrected chi connectivity index (χ0v) is 18.5. The lowest BCUT2D eigenvalue weighted by Gasteiger charge is -2.19. The molecule has 1 aromatic heterocycles. The number of carbonyl (C=O) groups excluding carboxylic acids is 1. The van der Waals surface area contributed by atoms with E-state index in [4.69, 9.17) is 32.5 Å². The molecule has 0 spiro atoms. The molecule has 0 aliphatic carbocycles. The number of fused-ring (bicyclic) bond motifs is 1. The Morgan fingerprint density at radius 3 is 2.52 bits per heavy atom. The number of ether oxygens (including phenoxy) is 1. The van der Waals surface area contributed by atoms with Crippen molar-refractivity contribution in [2.75, 3.05) is 12.4 Å². The summed E-state index contributed by atoms with van der Waals surface area (Å²) in [6.07, 6.45) is 0.200. The molecule has 3 aromatic carbocycles. The van der Waals surface area contributed by atoms with Crippen LogP contribution in [0.1, 0.15) is 34.1 Å². The smallest absolute Gasteiger partial charge is 0.170 e. The Balaban J connectivity index is 1.67. The molecular weight excluding hydrogens is 435 g/mol. The van der Waals surface area contributed by atoms with Crippen molar-refractivity contribution in [2.24, 2.45) is 0 Å². The van der Waals surface area contributed by atoms with Crippen LogP contribution in [0.5, 0.6) is 5.75 Å². The first-order valence-corrected chi connectivity index (χ1v) is 10.4. The fourth-order valence-corrected chi connectivity index (χ4v) is 3.72. The minimum Gasteiger partial charge on any atom is -0.497 e. The number of hydrogen-bond acceptors (Lipinski definition) is 5. The third kappa shape index (κ3) is 4.84. The quantitative estimate of drug-likeness (QED) is 0.308. The van der Waals surface area contributed by atoms with E-state index in [1.165, 1.54) is 0 Å². The van der Waals surface area contributed by atoms with Crippen molar-refractivity contribution >= 4 is 45.6 Å². The summed E-state index contributed by atoms with van der Waals surface area (Å²) in [6, 6.07) is 18.3. The number of aromatic nitrogens is 1. The van der Waals surface area contributed by atoms with Crippen LogP contribution in [-0.2, 0) is 0 Å². The zero-order valence-electron chi connectivity index (χ0n) is 17.0. The van der Waals surface area contributed by atoms with Crippen molar-refractivity contribution in [3.63, 3.8) is 0 Å². The van der Waals surface area contributed by atoms with Crippen molar-refractivity contribution < 1.29 is 14.1 Å². The van der Waals surface area contributed by atoms with Crippen LogP contribution in [0.3, 0.4) is 0 Å². The molecule has 1 N–H and O–H groups in total. The third-order valence-corrected chi connectivity index (χ3v) is 5.79. The Morgan fingerprint density at radius 2 is 1.81 bits per heavy atom. The van der Waals surface area contributed by atoms with Crippen molar-refractivity contribution in [2.45, 2.75) is 19.4 Å². The highest BCUT2D eigenvalue weighted by molar-refractivity contribution is 6.42. The number of benzene rings is 3. The number of methoxy groups -OCH3 is 1. The lowest BCUT2D eigenvalue weighted by atomic mass is 9.95. The van der Waals surface area contributed by atoms with Crippen LogP contribution in [0.4, 0.5) is 5.82 Å². The van der Waals surface area contributed by atoms with Crippen molar-refractivity contribution in [3.8, 4) is 5.75 Å². The first kappa shape index (κ1) is 21.2. The molecule has 0 saturated carbocycles. The van der Waals surface area contributed by atoms with Crippen LogP contribution in [-0.4, -0.2) is 18.0 Å². The predicted octanol–water partition coefficient (Wildman–Crippen LogP) is 6.88. The molecule has 1 unspecified atom stereocenters. The fraction of sp³-hybridized carbons (Fsp3) is 0.167. The molecule has 158 valence electrons. The number of rotatable bonds is 7. The van der Waals surface area contributed by atoms with E-state index >= 15 is 0 Å². The van der Waals surface area contributed by atoms with Gasteiger partial charge in [0.25, 0.3) is 0 Å². The number of nitrogens with one attached hydrogen (secondary N) is 1. The molecule has 4 rings (SSSR count). The van der Waals surface area contributed by atoms with Crippen LogP contribution in [0.25, 0.3) is 10.8 Å². The maximum absolute atomic E-state index is 13.0. The Morgan fingerprint density at radius 1 is 1.03 bits per heavy atom. The first-order valence-electron chi connectivity index (χ1n) is 9.69. The summed E-state index contributed by atoms with van der Waals surface area (Å²) in [5.74, 6) is 1.98. The van der Waals surface area contributed by atoms with Crippen LogP contribution in [0.2, 0.25) is 10.0 Å². The van der Waals surface area contributed by atoms with E-state index in [9.17, 15) is 4.79 Å². The van der Waals surface area contributed by atoms with Crippen LogP contribution >= 0.6 is 23.2 Å². The zero-order chi connectivity index (χ0) is 22.0. The van der Waals surface area contributed by atoms with Gasteiger partial charge < -0.3 is 14.6 Å². The Hall–Kier alpha value is -3.02. The van der Waals surface area contributed by atoms with Gasteiger partial charge in [0.15, 0.2) is 11.6 Å². The molecule has 1 atom stereocenters. The third-order valence-electron chi connectivity index (χ3n) is 5.06. The number of anilines is 1. The minimum atomic E-state index is -0.321. The average molecular weight is 455 g/mol. The topological polar surface area (TPSA) is 64.4 Å². The van der Waals surface area contributed by atoms with Gasteiger partial charge in [0.2, 0.25) is 0 Å². The summed E-state index contributed by atoms with van der Waals surface area (Å²) in [4.78, 5) is 13.0. The minimum absolute atomic E-state index is 0.0638. The van der Waals surface area contributed by atoms with Gasteiger partial charge in [-0.05, 0) is 59.7 Å². The molecular formula is C24H20Cl2N2O3. The number of Topliss-reactive ketones (excluding diaryl/α,β-unsaturated/α-hetero) is 1. The molecule has 31 heavy (non-hydrogen) atoms. The molecule has 0 fully saturated rings. The molecule has 0 amide bonds. The van der Waals surface area contributed by atoms with Crippen molar-refractivity contribution in [1.29, 1.82) is 0 Å². The van der Waals surface area contributed by atoms with Gasteiger partial charge in [-0.3, -0.25) is 4.79 Å². The van der Waals surface area contributed by atoms with E-state index in [1.807, 2.05) is 37.3 Å². The Bertz CT molecular complexity index is 1250. The largest absolute Gasteiger partial charge is 0.497 e. The van der Waals surface area contributed by atoms with Gasteiger partial charge in [-0.15, -0.1) is 0 Å². The first-order chi connectivity index (χ1) is 14.9. The molecule has 5 nitrogen and oxygen atoms in total. The average Bonchev–Trinajstić information content (AvgIpc) is 3.18. The summed E-state index contributed by atoms with van der Waals surface area (Å²) in [5.41, 5.74) is 1.45. The van der Waals surface area contributed by atoms with Gasteiger partial charge in [0.1, 0.15) is 11.5 Å². The van der Waals surface area contributed by atoms with Crippen LogP contribution in [0.15, 0.2) is 65.2 Å². The van der Waals surface area contributed by atoms with Gasteiger partial charge in [-0.2, -0.15) is 0 Å². The lowest BCUT2D eigenvalue weighted by Crippen LogP contribution is -2.16. The summed E-state index contributed by atoms with van der Waals surface area (Å²) in [6.45, 7) is 1.82. The second kappa shape index (κ2) is 9.00. The molecule has 4 aromatic rings. The summed E-state index contributed by atoms with van der Waals surface area (Å²) in [5, 5.41) is 10.2. The number of aryl methyl sites for hydroxylation is 1. The molecule has 0 bridgehead atoms. The lowest BCUT2D eigenvalue weighted by molar-refractivity contribution is 0.0976. The van der Waals surface area contributed by atoms with Gasteiger partial charge in [-0.25, -0.2) is 0 Å². The van der Waals surface area contributed by atoms with Gasteiger partial charge in [-0.1, -0.05) is 46.6 Å². The summed E-state index contributed by atoms with van der Waals surface area (Å²) >= 11 is 12.1. The Labute approximate surface area is 189 Å². The number of nitrogens with zero attached hydrogens (tertiary/aromatic N) is 1. The highest BCUT2D eigenvalue weighted by Crippen LogP contribution is 2.30. The Kier molecular flexibility index (Phi) is 6.16. The number of halogens is 2. The normalized spacial score (nSPS) is 12.0. The maximum atomic E-state index is 13.0. The maximum Gasteiger partial charge on any atom is 0.170 e. The monoisotopic (exact) mass is 454 g/mol. The van der Waals surface area contributed by atoms with E-state index < -0.39 is 0 Å². The van der Waals surface area contributed by atoms with Crippen LogP contribution in [0, 0.1) is 6.92 Å². The second-order valence-electron chi connectivity index (χ2n) is 7.25. The molecule has 7 heteroatoms. The molecule has 0 aliphatic heterocycles. The van der Waals surface area contributed by atoms with E-state index in [0.29, 0.717) is 27.2 Å². The van der Waals surface area contributed by atoms with Crippen molar-refractivity contribution in [3.05, 3.63) is 87.6 Å². The molecule has 1 heterocycles. The predicted molar refractivity (Wildman–Crippen MR) is 124 cm³/mol.